The first kappa shape index (κ1) is 12.3. The first-order chi connectivity index (χ1) is 9.41. The Morgan fingerprint density at radius 1 is 1.20 bits per heavy atom. The summed E-state index contributed by atoms with van der Waals surface area (Å²) in [5, 5.41) is 12.4. The van der Waals surface area contributed by atoms with E-state index < -0.39 is 11.2 Å². The molecular formula is C13H12N4O3. The Bertz CT molecular complexity index is 985. The van der Waals surface area contributed by atoms with Crippen LogP contribution in [-0.2, 0) is 14.1 Å². The van der Waals surface area contributed by atoms with Gasteiger partial charge in [0.15, 0.2) is 0 Å². The largest absolute Gasteiger partial charge is 0.618 e. The Morgan fingerprint density at radius 2 is 1.90 bits per heavy atom. The maximum absolute atomic E-state index is 12.4. The van der Waals surface area contributed by atoms with Crippen LogP contribution in [0.4, 0.5) is 0 Å². The van der Waals surface area contributed by atoms with Crippen molar-refractivity contribution in [2.75, 3.05) is 0 Å². The molecule has 0 radical (unpaired) electrons. The van der Waals surface area contributed by atoms with Crippen LogP contribution < -0.4 is 16.0 Å². The lowest BCUT2D eigenvalue weighted by atomic mass is 10.2. The van der Waals surface area contributed by atoms with E-state index >= 15 is 0 Å². The van der Waals surface area contributed by atoms with Gasteiger partial charge in [0.05, 0.1) is 0 Å². The third-order valence-electron chi connectivity index (χ3n) is 3.39. The molecule has 0 fully saturated rings. The van der Waals surface area contributed by atoms with Gasteiger partial charge in [0.2, 0.25) is 11.2 Å². The lowest BCUT2D eigenvalue weighted by Gasteiger charge is -2.09. The molecule has 0 aliphatic carbocycles. The van der Waals surface area contributed by atoms with Gasteiger partial charge in [-0.3, -0.25) is 13.9 Å². The van der Waals surface area contributed by atoms with Crippen LogP contribution in [0, 0.1) is 12.1 Å². The van der Waals surface area contributed by atoms with Gasteiger partial charge < -0.3 is 5.21 Å². The molecule has 20 heavy (non-hydrogen) atoms. The molecular weight excluding hydrogens is 260 g/mol. The Balaban J connectivity index is 2.71. The normalized spacial score (nSPS) is 11.3. The molecule has 0 saturated heterocycles. The molecule has 2 heterocycles. The van der Waals surface area contributed by atoms with Crippen molar-refractivity contribution < 1.29 is 4.73 Å². The highest BCUT2D eigenvalue weighted by Crippen LogP contribution is 2.12. The Kier molecular flexibility index (Phi) is 2.40. The summed E-state index contributed by atoms with van der Waals surface area (Å²) in [7, 11) is 2.82. The topological polar surface area (TPSA) is 83.8 Å². The van der Waals surface area contributed by atoms with Crippen LogP contribution in [0.15, 0.2) is 27.8 Å². The number of nitrogens with zero attached hydrogens (tertiary/aromatic N) is 4. The summed E-state index contributed by atoms with van der Waals surface area (Å²) < 4.78 is 2.65. The zero-order valence-corrected chi connectivity index (χ0v) is 11.2. The molecule has 2 aromatic heterocycles. The minimum Gasteiger partial charge on any atom is -0.618 e. The smallest absolute Gasteiger partial charge is 0.332 e. The molecule has 1 aromatic carbocycles. The second-order valence-corrected chi connectivity index (χ2v) is 4.78. The predicted octanol–water partition coefficient (Wildman–Crippen LogP) is -0.273. The number of hydrogen-bond donors (Lipinski definition) is 0. The summed E-state index contributed by atoms with van der Waals surface area (Å²) in [6.45, 7) is 1.85. The fourth-order valence-corrected chi connectivity index (χ4v) is 2.25. The third-order valence-corrected chi connectivity index (χ3v) is 3.39. The summed E-state index contributed by atoms with van der Waals surface area (Å²) in [6.07, 6.45) is 0. The van der Waals surface area contributed by atoms with Crippen LogP contribution in [0.3, 0.4) is 0 Å². The van der Waals surface area contributed by atoms with E-state index in [0.29, 0.717) is 15.8 Å². The van der Waals surface area contributed by atoms with E-state index in [9.17, 15) is 14.8 Å². The van der Waals surface area contributed by atoms with E-state index in [1.165, 1.54) is 18.7 Å². The van der Waals surface area contributed by atoms with Crippen molar-refractivity contribution in [2.24, 2.45) is 14.1 Å². The minimum absolute atomic E-state index is 0.0875. The van der Waals surface area contributed by atoms with E-state index in [1.54, 1.807) is 12.1 Å². The molecule has 0 bridgehead atoms. The van der Waals surface area contributed by atoms with Gasteiger partial charge in [-0.1, -0.05) is 6.07 Å². The maximum atomic E-state index is 12.4. The highest BCUT2D eigenvalue weighted by atomic mass is 16.5. The molecule has 0 amide bonds. The molecule has 0 aliphatic heterocycles. The van der Waals surface area contributed by atoms with E-state index in [-0.39, 0.29) is 11.2 Å². The average Bonchev–Trinajstić information content (AvgIpc) is 2.43. The van der Waals surface area contributed by atoms with E-state index in [0.717, 1.165) is 10.1 Å². The predicted molar refractivity (Wildman–Crippen MR) is 73.4 cm³/mol. The molecule has 7 heteroatoms. The second-order valence-electron chi connectivity index (χ2n) is 4.78. The molecule has 0 aliphatic rings. The van der Waals surface area contributed by atoms with Crippen molar-refractivity contribution >= 4 is 22.2 Å². The second kappa shape index (κ2) is 3.89. The summed E-state index contributed by atoms with van der Waals surface area (Å²) in [5.74, 6) is 0. The summed E-state index contributed by atoms with van der Waals surface area (Å²) in [5.41, 5.74) is 0.451. The fraction of sp³-hybridized carbons (Fsp3) is 0.231. The van der Waals surface area contributed by atoms with Crippen molar-refractivity contribution in [3.05, 3.63) is 49.8 Å². The zero-order chi connectivity index (χ0) is 14.6. The van der Waals surface area contributed by atoms with Crippen LogP contribution in [-0.4, -0.2) is 14.1 Å². The number of aryl methyl sites for hydroxylation is 2. The van der Waals surface area contributed by atoms with Crippen molar-refractivity contribution in [1.82, 2.24) is 14.1 Å². The monoisotopic (exact) mass is 272 g/mol. The molecule has 0 unspecified atom stereocenters. The molecule has 3 aromatic rings. The van der Waals surface area contributed by atoms with Crippen LogP contribution >= 0.6 is 0 Å². The number of fused-ring (bicyclic) bond motifs is 2. The third kappa shape index (κ3) is 1.46. The van der Waals surface area contributed by atoms with Gasteiger partial charge in [-0.2, -0.15) is 4.73 Å². The molecule has 102 valence electrons. The minimum atomic E-state index is -0.644. The number of benzene rings is 1. The highest BCUT2D eigenvalue weighted by Gasteiger charge is 2.20. The van der Waals surface area contributed by atoms with Crippen molar-refractivity contribution in [1.29, 1.82) is 0 Å². The Labute approximate surface area is 112 Å². The van der Waals surface area contributed by atoms with Gasteiger partial charge in [0, 0.05) is 20.2 Å². The van der Waals surface area contributed by atoms with E-state index in [4.69, 9.17) is 0 Å². The molecule has 0 N–H and O–H groups in total. The lowest BCUT2D eigenvalue weighted by molar-refractivity contribution is -0.549. The van der Waals surface area contributed by atoms with Crippen molar-refractivity contribution in [3.8, 4) is 0 Å². The molecule has 0 atom stereocenters. The van der Waals surface area contributed by atoms with Crippen LogP contribution in [0.5, 0.6) is 0 Å². The lowest BCUT2D eigenvalue weighted by Crippen LogP contribution is -2.44. The maximum Gasteiger partial charge on any atom is 0.332 e. The molecule has 7 nitrogen and oxygen atoms in total. The fourth-order valence-electron chi connectivity index (χ4n) is 2.25. The highest BCUT2D eigenvalue weighted by molar-refractivity contribution is 5.79. The first-order valence-electron chi connectivity index (χ1n) is 6.01. The van der Waals surface area contributed by atoms with Crippen LogP contribution in [0.2, 0.25) is 0 Å². The molecule has 0 spiro atoms. The van der Waals surface area contributed by atoms with E-state index in [1.807, 2.05) is 13.0 Å². The quantitative estimate of drug-likeness (QED) is 0.320. The Morgan fingerprint density at radius 3 is 2.60 bits per heavy atom. The SMILES string of the molecule is Cc1ccc2nc3c(c(=O)n(C)c(=O)n3C)[n+]([O-])c2c1. The van der Waals surface area contributed by atoms with Crippen LogP contribution in [0.25, 0.3) is 22.2 Å². The standard InChI is InChI=1S/C13H12N4O3/c1-7-4-5-8-9(6-7)17(20)10-11(14-8)15(2)13(19)16(3)12(10)18/h4-6H,1-3H3. The van der Waals surface area contributed by atoms with Gasteiger partial charge in [0.1, 0.15) is 5.52 Å². The number of rotatable bonds is 0. The van der Waals surface area contributed by atoms with E-state index in [2.05, 4.69) is 4.98 Å². The van der Waals surface area contributed by atoms with Crippen molar-refractivity contribution in [2.45, 2.75) is 6.92 Å². The number of aromatic nitrogens is 4. The summed E-state index contributed by atoms with van der Waals surface area (Å²) in [6, 6.07) is 5.18. The van der Waals surface area contributed by atoms with Crippen molar-refractivity contribution in [3.63, 3.8) is 0 Å². The molecule has 3 rings (SSSR count). The van der Waals surface area contributed by atoms with Gasteiger partial charge in [0.25, 0.3) is 0 Å². The number of hydrogen-bond acceptors (Lipinski definition) is 4. The van der Waals surface area contributed by atoms with Crippen LogP contribution in [0.1, 0.15) is 5.56 Å². The van der Waals surface area contributed by atoms with Gasteiger partial charge >= 0.3 is 16.8 Å². The summed E-state index contributed by atoms with van der Waals surface area (Å²) in [4.78, 5) is 28.3. The molecule has 0 saturated carbocycles. The zero-order valence-electron chi connectivity index (χ0n) is 11.2. The van der Waals surface area contributed by atoms with Gasteiger partial charge in [-0.05, 0) is 18.6 Å². The average molecular weight is 272 g/mol. The Hall–Kier alpha value is -2.70. The summed E-state index contributed by atoms with van der Waals surface area (Å²) >= 11 is 0. The van der Waals surface area contributed by atoms with Gasteiger partial charge in [-0.25, -0.2) is 9.78 Å². The van der Waals surface area contributed by atoms with Gasteiger partial charge in [-0.15, -0.1) is 0 Å². The first-order valence-corrected chi connectivity index (χ1v) is 6.01.